The van der Waals surface area contributed by atoms with Crippen LogP contribution in [-0.2, 0) is 52.5 Å². The van der Waals surface area contributed by atoms with Gasteiger partial charge in [0.05, 0.1) is 17.3 Å². The summed E-state index contributed by atoms with van der Waals surface area (Å²) in [6.07, 6.45) is -3.68. The highest BCUT2D eigenvalue weighted by molar-refractivity contribution is 5.98. The molecule has 4 saturated carbocycles. The molecule has 246 valence electrons. The minimum absolute atomic E-state index is 0.123. The van der Waals surface area contributed by atoms with E-state index < -0.39 is 106 Å². The molecule has 1 N–H and O–H groups in total. The Morgan fingerprint density at radius 3 is 1.98 bits per heavy atom. The van der Waals surface area contributed by atoms with Crippen LogP contribution in [0, 0.1) is 46.3 Å². The van der Waals surface area contributed by atoms with Crippen molar-refractivity contribution in [1.29, 1.82) is 0 Å². The summed E-state index contributed by atoms with van der Waals surface area (Å²) >= 11 is 0. The van der Waals surface area contributed by atoms with Gasteiger partial charge in [-0.1, -0.05) is 34.6 Å². The summed E-state index contributed by atoms with van der Waals surface area (Å²) in [7, 11) is 0. The number of Topliss-reactive ketones (excluding diaryl/α,β-unsaturated/α-hetero) is 1. The van der Waals surface area contributed by atoms with Crippen LogP contribution in [-0.4, -0.2) is 76.9 Å². The summed E-state index contributed by atoms with van der Waals surface area (Å²) in [6, 6.07) is 0. The van der Waals surface area contributed by atoms with E-state index in [-0.39, 0.29) is 24.7 Å². The lowest BCUT2D eigenvalue weighted by atomic mass is 9.55. The number of hydrogen-bond acceptors (Lipinski definition) is 12. The van der Waals surface area contributed by atoms with Gasteiger partial charge >= 0.3 is 29.8 Å². The average molecular weight is 623 g/mol. The van der Waals surface area contributed by atoms with Crippen LogP contribution >= 0.6 is 0 Å². The zero-order valence-electron chi connectivity index (χ0n) is 27.3. The quantitative estimate of drug-likeness (QED) is 0.326. The Hall–Kier alpha value is -3.02. The number of carbonyl (C=O) groups is 6. The Labute approximate surface area is 257 Å². The molecule has 4 aliphatic rings. The van der Waals surface area contributed by atoms with Crippen LogP contribution in [0.2, 0.25) is 0 Å². The first-order valence-electron chi connectivity index (χ1n) is 15.3. The molecule has 0 saturated heterocycles. The monoisotopic (exact) mass is 622 g/mol. The number of hydrogen-bond donors (Lipinski definition) is 1. The molecule has 0 aromatic carbocycles. The predicted octanol–water partition coefficient (Wildman–Crippen LogP) is 2.55. The third kappa shape index (κ3) is 5.10. The van der Waals surface area contributed by atoms with E-state index in [2.05, 4.69) is 0 Å². The summed E-state index contributed by atoms with van der Waals surface area (Å²) in [5, 5.41) is 12.6. The van der Waals surface area contributed by atoms with Gasteiger partial charge in [-0.3, -0.25) is 28.8 Å². The van der Waals surface area contributed by atoms with Gasteiger partial charge in [-0.15, -0.1) is 0 Å². The Balaban J connectivity index is 2.17. The third-order valence-electron chi connectivity index (χ3n) is 10.7. The van der Waals surface area contributed by atoms with Gasteiger partial charge in [-0.05, 0) is 42.9 Å². The van der Waals surface area contributed by atoms with E-state index >= 15 is 0 Å². The molecule has 44 heavy (non-hydrogen) atoms. The summed E-state index contributed by atoms with van der Waals surface area (Å²) in [5.74, 6) is -8.59. The van der Waals surface area contributed by atoms with Gasteiger partial charge in [0.2, 0.25) is 5.78 Å². The highest BCUT2D eigenvalue weighted by Gasteiger charge is 2.84. The lowest BCUT2D eigenvalue weighted by Gasteiger charge is -2.55. The first-order chi connectivity index (χ1) is 20.2. The summed E-state index contributed by atoms with van der Waals surface area (Å²) < 4.78 is 29.8. The van der Waals surface area contributed by atoms with E-state index in [1.54, 1.807) is 20.8 Å². The molecule has 0 bridgehead atoms. The maximum atomic E-state index is 15.0. The van der Waals surface area contributed by atoms with Crippen molar-refractivity contribution in [2.75, 3.05) is 6.61 Å². The summed E-state index contributed by atoms with van der Waals surface area (Å²) in [5.41, 5.74) is -6.56. The average Bonchev–Trinajstić information content (AvgIpc) is 3.32. The van der Waals surface area contributed by atoms with Crippen LogP contribution in [0.1, 0.15) is 82.1 Å². The molecule has 12 heteroatoms. The highest BCUT2D eigenvalue weighted by atomic mass is 16.6. The molecule has 11 unspecified atom stereocenters. The zero-order chi connectivity index (χ0) is 33.3. The largest absolute Gasteiger partial charge is 0.465 e. The van der Waals surface area contributed by atoms with Crippen molar-refractivity contribution in [2.24, 2.45) is 46.3 Å². The van der Waals surface area contributed by atoms with E-state index in [0.29, 0.717) is 0 Å². The van der Waals surface area contributed by atoms with Gasteiger partial charge in [0.15, 0.2) is 5.60 Å². The molecule has 0 aliphatic heterocycles. The molecule has 4 aliphatic carbocycles. The van der Waals surface area contributed by atoms with E-state index in [4.69, 9.17) is 23.7 Å². The van der Waals surface area contributed by atoms with Crippen molar-refractivity contribution in [3.05, 3.63) is 0 Å². The van der Waals surface area contributed by atoms with Crippen LogP contribution in [0.15, 0.2) is 0 Å². The van der Waals surface area contributed by atoms with E-state index in [1.807, 2.05) is 13.8 Å². The first-order valence-corrected chi connectivity index (χ1v) is 15.3. The van der Waals surface area contributed by atoms with Crippen LogP contribution in [0.5, 0.6) is 0 Å². The maximum Gasteiger partial charge on any atom is 0.308 e. The normalized spacial score (nSPS) is 41.7. The van der Waals surface area contributed by atoms with Crippen molar-refractivity contribution < 1.29 is 57.6 Å². The molecule has 0 amide bonds. The molecule has 4 rings (SSSR count). The topological polar surface area (TPSA) is 169 Å². The number of fused-ring (bicyclic) bond motifs is 4. The van der Waals surface area contributed by atoms with Crippen molar-refractivity contribution >= 4 is 35.6 Å². The fraction of sp³-hybridized carbons (Fsp3) is 0.812. The standard InChI is InChI=1S/C32H46O12/c1-14(2)27(37)43-26-23-24(42-18(6)35)15(3)12-32(23,39)28(38)30(10,44-19(7)36)25-22-20(29(22,8)9)11-21(41-17(5)34)31(25,26)13-40-16(4)33/h14-15,20-26,39H,11-13H2,1-10H3. The number of ether oxygens (including phenoxy) is 5. The highest BCUT2D eigenvalue weighted by Crippen LogP contribution is 2.76. The first kappa shape index (κ1) is 33.9. The fourth-order valence-electron chi connectivity index (χ4n) is 9.12. The summed E-state index contributed by atoms with van der Waals surface area (Å²) in [6.45, 7) is 14.6. The molecule has 0 spiro atoms. The van der Waals surface area contributed by atoms with Crippen LogP contribution in [0.3, 0.4) is 0 Å². The molecular weight excluding hydrogens is 576 g/mol. The lowest BCUT2D eigenvalue weighted by Crippen LogP contribution is -2.66. The smallest absolute Gasteiger partial charge is 0.308 e. The Kier molecular flexibility index (Phi) is 8.54. The Morgan fingerprint density at radius 2 is 1.48 bits per heavy atom. The molecular formula is C32H46O12. The maximum absolute atomic E-state index is 15.0. The Bertz CT molecular complexity index is 1260. The molecule has 4 fully saturated rings. The second kappa shape index (κ2) is 11.1. The predicted molar refractivity (Wildman–Crippen MR) is 151 cm³/mol. The SMILES string of the molecule is CC(=O)OCC12C(OC(C)=O)CC3C(C1C(C)(OC(C)=O)C(=O)C1(O)CC(C)C(OC(C)=O)C1C2OC(=O)C(C)C)C3(C)C. The molecule has 0 radical (unpaired) electrons. The van der Waals surface area contributed by atoms with Gasteiger partial charge in [0.1, 0.15) is 30.5 Å². The molecule has 0 heterocycles. The number of aliphatic hydroxyl groups is 1. The minimum Gasteiger partial charge on any atom is -0.465 e. The van der Waals surface area contributed by atoms with Gasteiger partial charge in [-0.25, -0.2) is 0 Å². The third-order valence-corrected chi connectivity index (χ3v) is 10.7. The molecule has 11 atom stereocenters. The van der Waals surface area contributed by atoms with E-state index in [0.717, 1.165) is 6.92 Å². The second-order valence-electron chi connectivity index (χ2n) is 14.4. The van der Waals surface area contributed by atoms with Crippen molar-refractivity contribution in [3.8, 4) is 0 Å². The fourth-order valence-corrected chi connectivity index (χ4v) is 9.12. The molecule has 0 aromatic rings. The number of carbonyl (C=O) groups excluding carboxylic acids is 6. The summed E-state index contributed by atoms with van der Waals surface area (Å²) in [4.78, 5) is 78.9. The van der Waals surface area contributed by atoms with Gasteiger partial charge in [0.25, 0.3) is 0 Å². The zero-order valence-corrected chi connectivity index (χ0v) is 27.3. The van der Waals surface area contributed by atoms with Crippen molar-refractivity contribution in [1.82, 2.24) is 0 Å². The minimum atomic E-state index is -2.32. The van der Waals surface area contributed by atoms with Crippen LogP contribution < -0.4 is 0 Å². The van der Waals surface area contributed by atoms with Gasteiger partial charge in [-0.2, -0.15) is 0 Å². The molecule has 0 aromatic heterocycles. The number of rotatable bonds is 7. The van der Waals surface area contributed by atoms with Gasteiger partial charge in [0, 0.05) is 33.6 Å². The van der Waals surface area contributed by atoms with E-state index in [1.165, 1.54) is 27.7 Å². The second-order valence-corrected chi connectivity index (χ2v) is 14.4. The molecule has 12 nitrogen and oxygen atoms in total. The lowest BCUT2D eigenvalue weighted by molar-refractivity contribution is -0.240. The number of esters is 5. The number of ketones is 1. The van der Waals surface area contributed by atoms with Crippen LogP contribution in [0.4, 0.5) is 0 Å². The van der Waals surface area contributed by atoms with Crippen molar-refractivity contribution in [3.63, 3.8) is 0 Å². The van der Waals surface area contributed by atoms with E-state index in [9.17, 15) is 33.9 Å². The Morgan fingerprint density at radius 1 is 0.886 bits per heavy atom. The van der Waals surface area contributed by atoms with Crippen LogP contribution in [0.25, 0.3) is 0 Å². The van der Waals surface area contributed by atoms with Crippen molar-refractivity contribution in [2.45, 2.75) is 112 Å². The van der Waals surface area contributed by atoms with Gasteiger partial charge < -0.3 is 28.8 Å².